The first-order chi connectivity index (χ1) is 7.35. The lowest BCUT2D eigenvalue weighted by Crippen LogP contribution is -2.28. The topological polar surface area (TPSA) is 3.24 Å². The third kappa shape index (κ3) is 2.36. The summed E-state index contributed by atoms with van der Waals surface area (Å²) < 4.78 is 0. The van der Waals surface area contributed by atoms with Gasteiger partial charge in [-0.1, -0.05) is 47.5 Å². The van der Waals surface area contributed by atoms with Crippen molar-refractivity contribution >= 4 is 21.6 Å². The van der Waals surface area contributed by atoms with Crippen LogP contribution in [-0.2, 0) is 6.42 Å². The number of benzene rings is 1. The molecule has 2 heteroatoms. The quantitative estimate of drug-likeness (QED) is 0.756. The van der Waals surface area contributed by atoms with E-state index in [-0.39, 0.29) is 0 Å². The summed E-state index contributed by atoms with van der Waals surface area (Å²) >= 11 is 3.60. The molecule has 1 heterocycles. The van der Waals surface area contributed by atoms with E-state index in [9.17, 15) is 0 Å². The molecule has 1 unspecified atom stereocenters. The van der Waals surface area contributed by atoms with Gasteiger partial charge in [0.05, 0.1) is 0 Å². The van der Waals surface area contributed by atoms with Gasteiger partial charge in [0, 0.05) is 24.1 Å². The van der Waals surface area contributed by atoms with Crippen molar-refractivity contribution in [3.63, 3.8) is 0 Å². The van der Waals surface area contributed by atoms with E-state index in [0.717, 1.165) is 11.2 Å². The highest BCUT2D eigenvalue weighted by atomic mass is 79.9. The van der Waals surface area contributed by atoms with Gasteiger partial charge in [-0.15, -0.1) is 0 Å². The van der Waals surface area contributed by atoms with Gasteiger partial charge in [0.25, 0.3) is 0 Å². The predicted octanol–water partition coefficient (Wildman–Crippen LogP) is 3.47. The number of anilines is 1. The highest BCUT2D eigenvalue weighted by molar-refractivity contribution is 9.09. The molecule has 0 spiro atoms. The van der Waals surface area contributed by atoms with Crippen LogP contribution in [-0.4, -0.2) is 18.4 Å². The number of hydrogen-bond donors (Lipinski definition) is 0. The average molecular weight is 268 g/mol. The molecule has 0 saturated heterocycles. The summed E-state index contributed by atoms with van der Waals surface area (Å²) in [5, 5.41) is 1.11. The van der Waals surface area contributed by atoms with Crippen LogP contribution in [0.4, 0.5) is 5.69 Å². The maximum absolute atomic E-state index is 3.60. The second-order valence-electron chi connectivity index (χ2n) is 4.25. The highest BCUT2D eigenvalue weighted by Crippen LogP contribution is 2.28. The van der Waals surface area contributed by atoms with Crippen molar-refractivity contribution in [2.75, 3.05) is 23.3 Å². The Hall–Kier alpha value is -0.500. The van der Waals surface area contributed by atoms with Gasteiger partial charge in [-0.3, -0.25) is 0 Å². The molecular formula is C13H18BrN. The van der Waals surface area contributed by atoms with Crippen LogP contribution in [0, 0.1) is 5.92 Å². The molecule has 0 fully saturated rings. The summed E-state index contributed by atoms with van der Waals surface area (Å²) in [6, 6.07) is 8.80. The number of nitrogens with zero attached hydrogens (tertiary/aromatic N) is 1. The number of fused-ring (bicyclic) bond motifs is 1. The van der Waals surface area contributed by atoms with Crippen LogP contribution in [0.15, 0.2) is 24.3 Å². The van der Waals surface area contributed by atoms with Crippen LogP contribution in [0.1, 0.15) is 18.9 Å². The average Bonchev–Trinajstić information content (AvgIpc) is 2.69. The smallest absolute Gasteiger partial charge is 0.0399 e. The minimum atomic E-state index is 0.774. The Morgan fingerprint density at radius 1 is 1.40 bits per heavy atom. The van der Waals surface area contributed by atoms with Crippen LogP contribution in [0.25, 0.3) is 0 Å². The first kappa shape index (κ1) is 11.0. The van der Waals surface area contributed by atoms with Crippen LogP contribution in [0.5, 0.6) is 0 Å². The van der Waals surface area contributed by atoms with Crippen molar-refractivity contribution in [2.45, 2.75) is 19.8 Å². The van der Waals surface area contributed by atoms with E-state index in [1.54, 1.807) is 0 Å². The maximum atomic E-state index is 3.60. The van der Waals surface area contributed by atoms with Gasteiger partial charge in [0.15, 0.2) is 0 Å². The lowest BCUT2D eigenvalue weighted by Gasteiger charge is -2.24. The van der Waals surface area contributed by atoms with Crippen LogP contribution < -0.4 is 4.90 Å². The Kier molecular flexibility index (Phi) is 3.68. The molecule has 2 rings (SSSR count). The summed E-state index contributed by atoms with van der Waals surface area (Å²) in [6.07, 6.45) is 2.47. The van der Waals surface area contributed by atoms with E-state index >= 15 is 0 Å². The number of hydrogen-bond acceptors (Lipinski definition) is 1. The zero-order chi connectivity index (χ0) is 10.7. The van der Waals surface area contributed by atoms with Crippen LogP contribution >= 0.6 is 15.9 Å². The molecule has 1 nitrogen and oxygen atoms in total. The molecule has 0 bridgehead atoms. The Bertz CT molecular complexity index is 320. The second kappa shape index (κ2) is 5.02. The molecule has 15 heavy (non-hydrogen) atoms. The predicted molar refractivity (Wildman–Crippen MR) is 69.9 cm³/mol. The third-order valence-electron chi connectivity index (χ3n) is 3.26. The minimum absolute atomic E-state index is 0.774. The Balaban J connectivity index is 2.07. The second-order valence-corrected chi connectivity index (χ2v) is 4.90. The fourth-order valence-corrected chi connectivity index (χ4v) is 2.86. The van der Waals surface area contributed by atoms with E-state index in [1.807, 2.05) is 0 Å². The van der Waals surface area contributed by atoms with Crippen LogP contribution in [0.2, 0.25) is 0 Å². The van der Waals surface area contributed by atoms with E-state index in [4.69, 9.17) is 0 Å². The summed E-state index contributed by atoms with van der Waals surface area (Å²) in [5.74, 6) is 0.774. The van der Waals surface area contributed by atoms with Gasteiger partial charge >= 0.3 is 0 Å². The first-order valence-electron chi connectivity index (χ1n) is 5.74. The van der Waals surface area contributed by atoms with E-state index < -0.39 is 0 Å². The zero-order valence-electron chi connectivity index (χ0n) is 9.25. The molecule has 1 aromatic carbocycles. The van der Waals surface area contributed by atoms with Gasteiger partial charge in [-0.05, 0) is 24.0 Å². The third-order valence-corrected chi connectivity index (χ3v) is 4.17. The normalized spacial score (nSPS) is 16.5. The van der Waals surface area contributed by atoms with E-state index in [0.29, 0.717) is 0 Å². The fraction of sp³-hybridized carbons (Fsp3) is 0.538. The largest absolute Gasteiger partial charge is 0.371 e. The van der Waals surface area contributed by atoms with Crippen molar-refractivity contribution in [3.8, 4) is 0 Å². The van der Waals surface area contributed by atoms with Crippen LogP contribution in [0.3, 0.4) is 0 Å². The van der Waals surface area contributed by atoms with Gasteiger partial charge in [-0.2, -0.15) is 0 Å². The summed E-state index contributed by atoms with van der Waals surface area (Å²) in [7, 11) is 0. The first-order valence-corrected chi connectivity index (χ1v) is 6.86. The summed E-state index contributed by atoms with van der Waals surface area (Å²) in [5.41, 5.74) is 2.97. The molecule has 0 N–H and O–H groups in total. The molecule has 0 aliphatic carbocycles. The molecule has 0 amide bonds. The minimum Gasteiger partial charge on any atom is -0.371 e. The molecule has 0 saturated carbocycles. The Morgan fingerprint density at radius 3 is 2.93 bits per heavy atom. The molecule has 82 valence electrons. The molecule has 1 aliphatic heterocycles. The monoisotopic (exact) mass is 267 g/mol. The summed E-state index contributed by atoms with van der Waals surface area (Å²) in [6.45, 7) is 4.66. The molecule has 1 aliphatic rings. The van der Waals surface area contributed by atoms with Crippen molar-refractivity contribution < 1.29 is 0 Å². The summed E-state index contributed by atoms with van der Waals surface area (Å²) in [4.78, 5) is 2.53. The number of rotatable bonds is 4. The van der Waals surface area contributed by atoms with Gasteiger partial charge < -0.3 is 4.90 Å². The van der Waals surface area contributed by atoms with E-state index in [1.165, 1.54) is 37.2 Å². The van der Waals surface area contributed by atoms with E-state index in [2.05, 4.69) is 52.0 Å². The lowest BCUT2D eigenvalue weighted by molar-refractivity contribution is 0.562. The molecule has 0 aromatic heterocycles. The van der Waals surface area contributed by atoms with Crippen molar-refractivity contribution in [2.24, 2.45) is 5.92 Å². The standard InChI is InChI=1S/C13H18BrN/c1-2-11(9-14)10-15-8-7-12-5-3-4-6-13(12)15/h3-6,11H,2,7-10H2,1H3. The van der Waals surface area contributed by atoms with Crippen molar-refractivity contribution in [1.29, 1.82) is 0 Å². The van der Waals surface area contributed by atoms with Crippen molar-refractivity contribution in [3.05, 3.63) is 29.8 Å². The number of halogens is 1. The highest BCUT2D eigenvalue weighted by Gasteiger charge is 2.20. The SMILES string of the molecule is CCC(CBr)CN1CCc2ccccc21. The Morgan fingerprint density at radius 2 is 2.20 bits per heavy atom. The van der Waals surface area contributed by atoms with Gasteiger partial charge in [-0.25, -0.2) is 0 Å². The Labute approximate surface area is 101 Å². The number of para-hydroxylation sites is 1. The van der Waals surface area contributed by atoms with Crippen molar-refractivity contribution in [1.82, 2.24) is 0 Å². The molecule has 1 atom stereocenters. The van der Waals surface area contributed by atoms with Gasteiger partial charge in [0.1, 0.15) is 0 Å². The number of alkyl halides is 1. The molecule has 1 aromatic rings. The molecule has 0 radical (unpaired) electrons. The van der Waals surface area contributed by atoms with Gasteiger partial charge in [0.2, 0.25) is 0 Å². The maximum Gasteiger partial charge on any atom is 0.0399 e. The fourth-order valence-electron chi connectivity index (χ4n) is 2.19. The molecular weight excluding hydrogens is 250 g/mol. The lowest BCUT2D eigenvalue weighted by atomic mass is 10.1. The zero-order valence-corrected chi connectivity index (χ0v) is 10.8.